The average molecular weight is 441 g/mol. The fourth-order valence-corrected chi connectivity index (χ4v) is 3.63. The molecule has 1 heterocycles. The number of benzene rings is 1. The van der Waals surface area contributed by atoms with Gasteiger partial charge in [0.1, 0.15) is 0 Å². The Morgan fingerprint density at radius 2 is 1.96 bits per heavy atom. The minimum Gasteiger partial charge on any atom is -0.368 e. The van der Waals surface area contributed by atoms with E-state index in [1.54, 1.807) is 0 Å². The second-order valence-electron chi connectivity index (χ2n) is 6.05. The van der Waals surface area contributed by atoms with Gasteiger partial charge in [-0.3, -0.25) is 4.79 Å². The van der Waals surface area contributed by atoms with Crippen LogP contribution >= 0.6 is 40.7 Å². The van der Waals surface area contributed by atoms with E-state index in [-0.39, 0.29) is 36.8 Å². The Bertz CT molecular complexity index is 518. The summed E-state index contributed by atoms with van der Waals surface area (Å²) in [4.78, 5) is 14.9. The molecule has 1 fully saturated rings. The van der Waals surface area contributed by atoms with E-state index in [0.717, 1.165) is 36.8 Å². The zero-order chi connectivity index (χ0) is 16.2. The monoisotopic (exact) mass is 439 g/mol. The molecule has 1 aromatic rings. The van der Waals surface area contributed by atoms with Crippen molar-refractivity contribution in [3.8, 4) is 0 Å². The predicted molar refractivity (Wildman–Crippen MR) is 109 cm³/mol. The summed E-state index contributed by atoms with van der Waals surface area (Å²) >= 11 is 3.60. The maximum atomic E-state index is 12.6. The summed E-state index contributed by atoms with van der Waals surface area (Å²) in [6.45, 7) is 6.30. The molecule has 3 N–H and O–H groups in total. The van der Waals surface area contributed by atoms with Crippen LogP contribution in [0.25, 0.3) is 0 Å². The molecule has 1 amide bonds. The lowest BCUT2D eigenvalue weighted by Crippen LogP contribution is -2.49. The van der Waals surface area contributed by atoms with Crippen LogP contribution in [0.5, 0.6) is 0 Å². The molecule has 1 aliphatic rings. The maximum absolute atomic E-state index is 12.6. The molecule has 1 saturated heterocycles. The highest BCUT2D eigenvalue weighted by molar-refractivity contribution is 9.10. The van der Waals surface area contributed by atoms with Gasteiger partial charge in [-0.05, 0) is 47.3 Å². The second kappa shape index (κ2) is 10.5. The first kappa shape index (κ1) is 23.5. The molecule has 24 heavy (non-hydrogen) atoms. The summed E-state index contributed by atoms with van der Waals surface area (Å²) in [6.07, 6.45) is 2.54. The van der Waals surface area contributed by atoms with Crippen LogP contribution in [0.4, 0.5) is 5.69 Å². The molecule has 1 unspecified atom stereocenters. The van der Waals surface area contributed by atoms with Crippen molar-refractivity contribution in [1.29, 1.82) is 0 Å². The van der Waals surface area contributed by atoms with Gasteiger partial charge in [0.2, 0.25) is 5.91 Å². The van der Waals surface area contributed by atoms with Crippen molar-refractivity contribution in [3.05, 3.63) is 28.7 Å². The van der Waals surface area contributed by atoms with Crippen molar-refractivity contribution in [2.24, 2.45) is 11.1 Å². The minimum atomic E-state index is -0.416. The topological polar surface area (TPSA) is 58.4 Å². The third-order valence-corrected chi connectivity index (χ3v) is 5.61. The summed E-state index contributed by atoms with van der Waals surface area (Å²) in [7, 11) is 0. The minimum absolute atomic E-state index is 0. The Balaban J connectivity index is 0.00000264. The summed E-state index contributed by atoms with van der Waals surface area (Å²) in [5.41, 5.74) is 6.64. The number of amides is 1. The molecule has 7 heteroatoms. The molecule has 0 aromatic heterocycles. The lowest BCUT2D eigenvalue weighted by molar-refractivity contribution is -0.131. The molecule has 138 valence electrons. The van der Waals surface area contributed by atoms with Gasteiger partial charge in [-0.2, -0.15) is 0 Å². The molecule has 0 radical (unpaired) electrons. The lowest BCUT2D eigenvalue weighted by Gasteiger charge is -2.30. The van der Waals surface area contributed by atoms with Crippen molar-refractivity contribution in [1.82, 2.24) is 5.32 Å². The summed E-state index contributed by atoms with van der Waals surface area (Å²) in [6, 6.07) is 8.41. The number of halogens is 3. The van der Waals surface area contributed by atoms with Crippen molar-refractivity contribution in [3.63, 3.8) is 0 Å². The number of carbonyl (C=O) groups is 1. The van der Waals surface area contributed by atoms with Crippen LogP contribution in [0.15, 0.2) is 28.7 Å². The van der Waals surface area contributed by atoms with Gasteiger partial charge < -0.3 is 16.0 Å². The third kappa shape index (κ3) is 5.01. The number of para-hydroxylation sites is 1. The number of nitrogens with zero attached hydrogens (tertiary/aromatic N) is 1. The van der Waals surface area contributed by atoms with Crippen LogP contribution < -0.4 is 16.0 Å². The van der Waals surface area contributed by atoms with Crippen molar-refractivity contribution < 1.29 is 4.79 Å². The van der Waals surface area contributed by atoms with E-state index >= 15 is 0 Å². The van der Waals surface area contributed by atoms with Crippen LogP contribution in [-0.2, 0) is 4.79 Å². The lowest BCUT2D eigenvalue weighted by atomic mass is 9.81. The second-order valence-corrected chi connectivity index (χ2v) is 6.90. The van der Waals surface area contributed by atoms with Gasteiger partial charge in [0, 0.05) is 30.1 Å². The number of hydrogen-bond acceptors (Lipinski definition) is 3. The zero-order valence-corrected chi connectivity index (χ0v) is 17.5. The van der Waals surface area contributed by atoms with Gasteiger partial charge in [0.15, 0.2) is 0 Å². The average Bonchev–Trinajstić information content (AvgIpc) is 2.98. The largest absolute Gasteiger partial charge is 0.368 e. The Kier molecular flexibility index (Phi) is 10.3. The van der Waals surface area contributed by atoms with E-state index in [2.05, 4.69) is 38.3 Å². The van der Waals surface area contributed by atoms with Crippen molar-refractivity contribution in [2.45, 2.75) is 39.2 Å². The molecule has 0 bridgehead atoms. The Morgan fingerprint density at radius 1 is 1.33 bits per heavy atom. The first-order chi connectivity index (χ1) is 10.6. The first-order valence-corrected chi connectivity index (χ1v) is 8.86. The number of hydrogen-bond donors (Lipinski definition) is 2. The van der Waals surface area contributed by atoms with E-state index in [0.29, 0.717) is 6.54 Å². The number of nitrogens with one attached hydrogen (secondary N) is 1. The highest BCUT2D eigenvalue weighted by Crippen LogP contribution is 2.30. The quantitative estimate of drug-likeness (QED) is 0.707. The van der Waals surface area contributed by atoms with Gasteiger partial charge in [-0.25, -0.2) is 0 Å². The molecular formula is C17H28BrCl2N3O. The summed E-state index contributed by atoms with van der Waals surface area (Å²) in [5.74, 6) is 0.110. The standard InChI is InChI=1S/C17H26BrN3O.2ClH/c1-3-17(4-2,12-19)16(22)20-13-9-10-21(11-13)15-8-6-5-7-14(15)18;;/h5-8,13H,3-4,9-12,19H2,1-2H3,(H,20,22);2*1H. The Morgan fingerprint density at radius 3 is 2.50 bits per heavy atom. The molecule has 4 nitrogen and oxygen atoms in total. The van der Waals surface area contributed by atoms with E-state index < -0.39 is 5.41 Å². The normalized spacial score (nSPS) is 17.0. The molecule has 1 aliphatic heterocycles. The van der Waals surface area contributed by atoms with Gasteiger partial charge in [0.25, 0.3) is 0 Å². The van der Waals surface area contributed by atoms with Gasteiger partial charge in [0.05, 0.1) is 11.1 Å². The molecule has 0 spiro atoms. The first-order valence-electron chi connectivity index (χ1n) is 8.06. The predicted octanol–water partition coefficient (Wildman–Crippen LogP) is 3.75. The molecule has 1 aromatic carbocycles. The zero-order valence-electron chi connectivity index (χ0n) is 14.3. The van der Waals surface area contributed by atoms with Gasteiger partial charge >= 0.3 is 0 Å². The SMILES string of the molecule is CCC(CC)(CN)C(=O)NC1CCN(c2ccccc2Br)C1.Cl.Cl. The van der Waals surface area contributed by atoms with Crippen LogP contribution in [0.2, 0.25) is 0 Å². The number of anilines is 1. The summed E-state index contributed by atoms with van der Waals surface area (Å²) in [5, 5.41) is 3.22. The van der Waals surface area contributed by atoms with E-state index in [4.69, 9.17) is 5.73 Å². The van der Waals surface area contributed by atoms with Crippen molar-refractivity contribution >= 4 is 52.3 Å². The Labute approximate surface area is 165 Å². The van der Waals surface area contributed by atoms with Gasteiger partial charge in [-0.15, -0.1) is 24.8 Å². The van der Waals surface area contributed by atoms with E-state index in [9.17, 15) is 4.79 Å². The molecule has 0 aliphatic carbocycles. The summed E-state index contributed by atoms with van der Waals surface area (Å²) < 4.78 is 1.10. The fraction of sp³-hybridized carbons (Fsp3) is 0.588. The van der Waals surface area contributed by atoms with Gasteiger partial charge in [-0.1, -0.05) is 26.0 Å². The maximum Gasteiger partial charge on any atom is 0.227 e. The molecule has 1 atom stereocenters. The highest BCUT2D eigenvalue weighted by atomic mass is 79.9. The van der Waals surface area contributed by atoms with Crippen LogP contribution in [0.1, 0.15) is 33.1 Å². The third-order valence-electron chi connectivity index (χ3n) is 4.94. The smallest absolute Gasteiger partial charge is 0.227 e. The number of nitrogens with two attached hydrogens (primary N) is 1. The number of carbonyl (C=O) groups excluding carboxylic acids is 1. The van der Waals surface area contributed by atoms with E-state index in [1.807, 2.05) is 26.0 Å². The molecule has 0 saturated carbocycles. The fourth-order valence-electron chi connectivity index (χ4n) is 3.10. The van der Waals surface area contributed by atoms with Crippen LogP contribution in [-0.4, -0.2) is 31.6 Å². The van der Waals surface area contributed by atoms with E-state index in [1.165, 1.54) is 5.69 Å². The molecule has 2 rings (SSSR count). The van der Waals surface area contributed by atoms with Crippen LogP contribution in [0, 0.1) is 5.41 Å². The van der Waals surface area contributed by atoms with Crippen LogP contribution in [0.3, 0.4) is 0 Å². The number of rotatable bonds is 6. The van der Waals surface area contributed by atoms with Crippen molar-refractivity contribution in [2.75, 3.05) is 24.5 Å². The highest BCUT2D eigenvalue weighted by Gasteiger charge is 2.35. The Hall–Kier alpha value is -0.490. The molecular weight excluding hydrogens is 413 g/mol.